The lowest BCUT2D eigenvalue weighted by Crippen LogP contribution is -2.53. The van der Waals surface area contributed by atoms with Crippen molar-refractivity contribution in [2.75, 3.05) is 19.6 Å². The van der Waals surface area contributed by atoms with Gasteiger partial charge in [-0.05, 0) is 18.1 Å². The zero-order chi connectivity index (χ0) is 16.8. The van der Waals surface area contributed by atoms with Gasteiger partial charge >= 0.3 is 6.09 Å². The van der Waals surface area contributed by atoms with E-state index in [4.69, 9.17) is 4.74 Å². The number of amides is 1. The molecule has 3 rings (SSSR count). The smallest absolute Gasteiger partial charge is 0.410 e. The van der Waals surface area contributed by atoms with Crippen LogP contribution in [0.25, 0.3) is 0 Å². The Kier molecular flexibility index (Phi) is 5.49. The molecule has 1 saturated heterocycles. The van der Waals surface area contributed by atoms with E-state index in [0.717, 1.165) is 18.7 Å². The van der Waals surface area contributed by atoms with Crippen LogP contribution >= 0.6 is 0 Å². The standard InChI is InChI=1S/C20H24N2O2/c1-17-14-22(20(23)24-16-19-10-6-3-7-11-19)13-12-21(17)15-18-8-4-2-5-9-18/h2-11,17H,12-16H2,1H3/t17-/m0/s1. The summed E-state index contributed by atoms with van der Waals surface area (Å²) < 4.78 is 5.44. The summed E-state index contributed by atoms with van der Waals surface area (Å²) in [5, 5.41) is 0. The lowest BCUT2D eigenvalue weighted by Gasteiger charge is -2.39. The second-order valence-corrected chi connectivity index (χ2v) is 6.29. The molecule has 1 heterocycles. The Morgan fingerprint density at radius 1 is 1.00 bits per heavy atom. The highest BCUT2D eigenvalue weighted by Crippen LogP contribution is 2.15. The summed E-state index contributed by atoms with van der Waals surface area (Å²) >= 11 is 0. The Bertz CT molecular complexity index is 645. The van der Waals surface area contributed by atoms with Gasteiger partial charge in [-0.3, -0.25) is 4.90 Å². The first-order valence-electron chi connectivity index (χ1n) is 8.46. The Morgan fingerprint density at radius 2 is 1.62 bits per heavy atom. The summed E-state index contributed by atoms with van der Waals surface area (Å²) in [6, 6.07) is 20.6. The van der Waals surface area contributed by atoms with Gasteiger partial charge in [0.25, 0.3) is 0 Å². The molecule has 126 valence electrons. The molecule has 4 nitrogen and oxygen atoms in total. The van der Waals surface area contributed by atoms with Crippen LogP contribution in [0.5, 0.6) is 0 Å². The molecule has 2 aromatic rings. The van der Waals surface area contributed by atoms with Crippen molar-refractivity contribution in [1.82, 2.24) is 9.80 Å². The molecule has 1 fully saturated rings. The number of benzene rings is 2. The van der Waals surface area contributed by atoms with Gasteiger partial charge in [-0.25, -0.2) is 4.79 Å². The molecule has 1 aliphatic heterocycles. The van der Waals surface area contributed by atoms with Crippen molar-refractivity contribution in [3.05, 3.63) is 71.8 Å². The van der Waals surface area contributed by atoms with Gasteiger partial charge in [0.1, 0.15) is 6.61 Å². The fourth-order valence-corrected chi connectivity index (χ4v) is 3.02. The van der Waals surface area contributed by atoms with E-state index in [-0.39, 0.29) is 6.09 Å². The molecular formula is C20H24N2O2. The molecule has 0 aliphatic carbocycles. The zero-order valence-electron chi connectivity index (χ0n) is 14.1. The zero-order valence-corrected chi connectivity index (χ0v) is 14.1. The van der Waals surface area contributed by atoms with Crippen molar-refractivity contribution >= 4 is 6.09 Å². The quantitative estimate of drug-likeness (QED) is 0.862. The van der Waals surface area contributed by atoms with Gasteiger partial charge in [-0.1, -0.05) is 60.7 Å². The molecule has 2 aromatic carbocycles. The van der Waals surface area contributed by atoms with Crippen molar-refractivity contribution in [2.24, 2.45) is 0 Å². The summed E-state index contributed by atoms with van der Waals surface area (Å²) in [5.74, 6) is 0. The first kappa shape index (κ1) is 16.5. The molecule has 4 heteroatoms. The molecule has 1 amide bonds. The summed E-state index contributed by atoms with van der Waals surface area (Å²) in [6.07, 6.45) is -0.218. The van der Waals surface area contributed by atoms with Crippen LogP contribution in [0.3, 0.4) is 0 Å². The van der Waals surface area contributed by atoms with E-state index in [0.29, 0.717) is 25.7 Å². The van der Waals surface area contributed by atoms with Gasteiger partial charge in [-0.15, -0.1) is 0 Å². The van der Waals surface area contributed by atoms with Gasteiger partial charge in [-0.2, -0.15) is 0 Å². The summed E-state index contributed by atoms with van der Waals surface area (Å²) in [6.45, 7) is 5.72. The van der Waals surface area contributed by atoms with Gasteiger partial charge in [0.2, 0.25) is 0 Å². The number of ether oxygens (including phenoxy) is 1. The first-order chi connectivity index (χ1) is 11.7. The molecule has 1 aliphatic rings. The fraction of sp³-hybridized carbons (Fsp3) is 0.350. The third-order valence-corrected chi connectivity index (χ3v) is 4.46. The molecule has 0 radical (unpaired) electrons. The Hall–Kier alpha value is -2.33. The molecule has 0 aromatic heterocycles. The molecular weight excluding hydrogens is 300 g/mol. The molecule has 0 spiro atoms. The highest BCUT2D eigenvalue weighted by Gasteiger charge is 2.27. The third-order valence-electron chi connectivity index (χ3n) is 4.46. The minimum Gasteiger partial charge on any atom is -0.445 e. The highest BCUT2D eigenvalue weighted by atomic mass is 16.6. The maximum atomic E-state index is 12.3. The maximum Gasteiger partial charge on any atom is 0.410 e. The van der Waals surface area contributed by atoms with Gasteiger partial charge in [0, 0.05) is 32.2 Å². The molecule has 0 bridgehead atoms. The van der Waals surface area contributed by atoms with Crippen LogP contribution in [0.1, 0.15) is 18.1 Å². The minimum absolute atomic E-state index is 0.218. The van der Waals surface area contributed by atoms with Crippen LogP contribution in [0.15, 0.2) is 60.7 Å². The van der Waals surface area contributed by atoms with Crippen LogP contribution in [-0.2, 0) is 17.9 Å². The molecule has 24 heavy (non-hydrogen) atoms. The van der Waals surface area contributed by atoms with Crippen molar-refractivity contribution in [1.29, 1.82) is 0 Å². The highest BCUT2D eigenvalue weighted by molar-refractivity contribution is 5.67. The van der Waals surface area contributed by atoms with E-state index in [1.807, 2.05) is 41.3 Å². The minimum atomic E-state index is -0.218. The van der Waals surface area contributed by atoms with Gasteiger partial charge in [0.15, 0.2) is 0 Å². The average molecular weight is 324 g/mol. The molecule has 0 N–H and O–H groups in total. The van der Waals surface area contributed by atoms with E-state index in [2.05, 4.69) is 36.1 Å². The van der Waals surface area contributed by atoms with Crippen molar-refractivity contribution in [2.45, 2.75) is 26.1 Å². The van der Waals surface area contributed by atoms with Crippen LogP contribution in [-0.4, -0.2) is 41.6 Å². The molecule has 1 atom stereocenters. The summed E-state index contributed by atoms with van der Waals surface area (Å²) in [7, 11) is 0. The Labute approximate surface area is 143 Å². The number of hydrogen-bond donors (Lipinski definition) is 0. The van der Waals surface area contributed by atoms with E-state index in [9.17, 15) is 4.79 Å². The molecule has 0 saturated carbocycles. The van der Waals surface area contributed by atoms with Gasteiger partial charge in [0.05, 0.1) is 0 Å². The van der Waals surface area contributed by atoms with E-state index < -0.39 is 0 Å². The number of nitrogens with zero attached hydrogens (tertiary/aromatic N) is 2. The van der Waals surface area contributed by atoms with Crippen LogP contribution < -0.4 is 0 Å². The third kappa shape index (κ3) is 4.36. The molecule has 0 unspecified atom stereocenters. The average Bonchev–Trinajstić information content (AvgIpc) is 2.63. The summed E-state index contributed by atoms with van der Waals surface area (Å²) in [5.41, 5.74) is 2.33. The summed E-state index contributed by atoms with van der Waals surface area (Å²) in [4.78, 5) is 16.5. The number of carbonyl (C=O) groups is 1. The van der Waals surface area contributed by atoms with E-state index in [1.165, 1.54) is 5.56 Å². The second kappa shape index (κ2) is 7.97. The second-order valence-electron chi connectivity index (χ2n) is 6.29. The monoisotopic (exact) mass is 324 g/mol. The number of hydrogen-bond acceptors (Lipinski definition) is 3. The first-order valence-corrected chi connectivity index (χ1v) is 8.46. The van der Waals surface area contributed by atoms with Crippen LogP contribution in [0, 0.1) is 0 Å². The fourth-order valence-electron chi connectivity index (χ4n) is 3.02. The Morgan fingerprint density at radius 3 is 2.25 bits per heavy atom. The number of carbonyl (C=O) groups excluding carboxylic acids is 1. The normalized spacial score (nSPS) is 18.4. The topological polar surface area (TPSA) is 32.8 Å². The predicted molar refractivity (Wildman–Crippen MR) is 94.5 cm³/mol. The lowest BCUT2D eigenvalue weighted by molar-refractivity contribution is 0.0489. The van der Waals surface area contributed by atoms with Crippen molar-refractivity contribution in [3.8, 4) is 0 Å². The SMILES string of the molecule is C[C@H]1CN(C(=O)OCc2ccccc2)CCN1Cc1ccccc1. The predicted octanol–water partition coefficient (Wildman–Crippen LogP) is 3.53. The maximum absolute atomic E-state index is 12.3. The lowest BCUT2D eigenvalue weighted by atomic mass is 10.1. The Balaban J connectivity index is 1.48. The number of piperazine rings is 1. The van der Waals surface area contributed by atoms with Crippen molar-refractivity contribution < 1.29 is 9.53 Å². The largest absolute Gasteiger partial charge is 0.445 e. The van der Waals surface area contributed by atoms with Crippen LogP contribution in [0.2, 0.25) is 0 Å². The number of rotatable bonds is 4. The van der Waals surface area contributed by atoms with Gasteiger partial charge < -0.3 is 9.64 Å². The van der Waals surface area contributed by atoms with E-state index in [1.54, 1.807) is 0 Å². The van der Waals surface area contributed by atoms with Crippen LogP contribution in [0.4, 0.5) is 4.79 Å². The van der Waals surface area contributed by atoms with Crippen molar-refractivity contribution in [3.63, 3.8) is 0 Å². The van der Waals surface area contributed by atoms with E-state index >= 15 is 0 Å².